The number of nitrogens with zero attached hydrogens (tertiary/aromatic N) is 2. The minimum atomic E-state index is -0.722. The Morgan fingerprint density at radius 1 is 1.40 bits per heavy atom. The quantitative estimate of drug-likeness (QED) is 0.279. The molecule has 1 unspecified atom stereocenters. The fourth-order valence-corrected chi connectivity index (χ4v) is 3.37. The van der Waals surface area contributed by atoms with E-state index in [4.69, 9.17) is 0 Å². The van der Waals surface area contributed by atoms with Crippen molar-refractivity contribution < 1.29 is 9.72 Å². The van der Waals surface area contributed by atoms with Crippen LogP contribution in [-0.2, 0) is 4.79 Å². The van der Waals surface area contributed by atoms with Gasteiger partial charge in [-0.3, -0.25) is 19.7 Å². The van der Waals surface area contributed by atoms with Crippen molar-refractivity contribution in [3.8, 4) is 0 Å². The van der Waals surface area contributed by atoms with E-state index in [9.17, 15) is 19.7 Å². The van der Waals surface area contributed by atoms with Gasteiger partial charge in [-0.1, -0.05) is 36.0 Å². The molecule has 0 aliphatic carbocycles. The van der Waals surface area contributed by atoms with Crippen molar-refractivity contribution in [2.45, 2.75) is 17.5 Å². The highest BCUT2D eigenvalue weighted by Crippen LogP contribution is 2.38. The zero-order chi connectivity index (χ0) is 18.0. The number of fused-ring (bicyclic) bond motifs is 1. The number of benzene rings is 1. The first-order valence-corrected chi connectivity index (χ1v) is 8.41. The lowest BCUT2D eigenvalue weighted by Gasteiger charge is -2.24. The van der Waals surface area contributed by atoms with Gasteiger partial charge in [-0.2, -0.15) is 0 Å². The minimum absolute atomic E-state index is 0.0538. The Balaban J connectivity index is 2.14. The molecule has 2 aromatic rings. The van der Waals surface area contributed by atoms with E-state index in [1.165, 1.54) is 17.8 Å². The first kappa shape index (κ1) is 16.9. The molecular formula is C16H14N4O4S. The molecule has 1 aliphatic heterocycles. The molecule has 1 atom stereocenters. The van der Waals surface area contributed by atoms with Crippen LogP contribution in [0.1, 0.15) is 23.5 Å². The molecule has 0 saturated heterocycles. The van der Waals surface area contributed by atoms with Crippen LogP contribution < -0.4 is 10.9 Å². The van der Waals surface area contributed by atoms with Crippen molar-refractivity contribution in [2.75, 3.05) is 11.1 Å². The van der Waals surface area contributed by atoms with Crippen LogP contribution >= 0.6 is 11.8 Å². The third-order valence-electron chi connectivity index (χ3n) is 3.78. The van der Waals surface area contributed by atoms with Gasteiger partial charge >= 0.3 is 0 Å². The maximum absolute atomic E-state index is 12.6. The van der Waals surface area contributed by atoms with Crippen molar-refractivity contribution in [3.05, 3.63) is 68.5 Å². The Morgan fingerprint density at radius 2 is 2.16 bits per heavy atom. The molecule has 1 amide bonds. The average molecular weight is 358 g/mol. The van der Waals surface area contributed by atoms with Crippen molar-refractivity contribution in [1.82, 2.24) is 9.97 Å². The number of aromatic amines is 1. The third kappa shape index (κ3) is 3.31. The molecule has 2 heterocycles. The average Bonchev–Trinajstić information content (AvgIpc) is 2.58. The summed E-state index contributed by atoms with van der Waals surface area (Å²) in [6.07, 6.45) is 1.61. The smallest absolute Gasteiger partial charge is 0.273 e. The molecule has 0 spiro atoms. The molecule has 0 bridgehead atoms. The van der Waals surface area contributed by atoms with E-state index >= 15 is 0 Å². The van der Waals surface area contributed by atoms with Crippen molar-refractivity contribution in [3.63, 3.8) is 0 Å². The van der Waals surface area contributed by atoms with Gasteiger partial charge in [0, 0.05) is 29.7 Å². The summed E-state index contributed by atoms with van der Waals surface area (Å²) in [5, 5.41) is 14.2. The predicted octanol–water partition coefficient (Wildman–Crippen LogP) is 2.43. The number of hydrogen-bond acceptors (Lipinski definition) is 6. The van der Waals surface area contributed by atoms with Gasteiger partial charge in [0.2, 0.25) is 5.91 Å². The number of thioether (sulfide) groups is 1. The highest BCUT2D eigenvalue weighted by atomic mass is 32.2. The molecule has 8 nitrogen and oxygen atoms in total. The molecule has 9 heteroatoms. The summed E-state index contributed by atoms with van der Waals surface area (Å²) in [5.74, 6) is -0.369. The molecule has 0 saturated carbocycles. The predicted molar refractivity (Wildman–Crippen MR) is 94.0 cm³/mol. The molecule has 128 valence electrons. The number of anilines is 1. The number of nitrogens with one attached hydrogen (secondary N) is 2. The van der Waals surface area contributed by atoms with E-state index in [2.05, 4.69) is 21.9 Å². The van der Waals surface area contributed by atoms with Gasteiger partial charge in [-0.25, -0.2) is 4.98 Å². The third-order valence-corrected chi connectivity index (χ3v) is 4.65. The monoisotopic (exact) mass is 358 g/mol. The molecule has 0 fully saturated rings. The standard InChI is InChI=1S/C16H14N4O4S/c1-2-7-25-16-18-14-13(15(22)19-16)10(8-12(21)17-14)9-5-3-4-6-11(9)20(23)24/h2-6,10H,1,7-8H2,(H2,17,18,19,21,22). The number of carbonyl (C=O) groups excluding carboxylic acids is 1. The first-order chi connectivity index (χ1) is 12.0. The molecule has 3 rings (SSSR count). The number of aromatic nitrogens is 2. The van der Waals surface area contributed by atoms with Gasteiger partial charge in [0.1, 0.15) is 5.82 Å². The van der Waals surface area contributed by atoms with Gasteiger partial charge in [-0.15, -0.1) is 6.58 Å². The number of H-pyrrole nitrogens is 1. The van der Waals surface area contributed by atoms with Crippen LogP contribution in [-0.4, -0.2) is 26.6 Å². The van der Waals surface area contributed by atoms with Crippen LogP contribution in [0.15, 0.2) is 46.9 Å². The second-order valence-electron chi connectivity index (χ2n) is 5.35. The van der Waals surface area contributed by atoms with Gasteiger partial charge in [-0.05, 0) is 0 Å². The molecule has 0 radical (unpaired) electrons. The van der Waals surface area contributed by atoms with Crippen LogP contribution in [0.4, 0.5) is 11.5 Å². The number of hydrogen-bond donors (Lipinski definition) is 2. The van der Waals surface area contributed by atoms with Crippen LogP contribution in [0.25, 0.3) is 0 Å². The second kappa shape index (κ2) is 6.89. The Hall–Kier alpha value is -2.94. The molecule has 1 aliphatic rings. The van der Waals surface area contributed by atoms with Crippen LogP contribution in [0.3, 0.4) is 0 Å². The van der Waals surface area contributed by atoms with Crippen molar-refractivity contribution in [1.29, 1.82) is 0 Å². The first-order valence-electron chi connectivity index (χ1n) is 7.42. The van der Waals surface area contributed by atoms with E-state index in [0.717, 1.165) is 0 Å². The van der Waals surface area contributed by atoms with Crippen LogP contribution in [0, 0.1) is 10.1 Å². The van der Waals surface area contributed by atoms with Crippen LogP contribution in [0.2, 0.25) is 0 Å². The Kier molecular flexibility index (Phi) is 4.66. The number of nitro groups is 1. The second-order valence-corrected chi connectivity index (χ2v) is 6.36. The Bertz CT molecular complexity index is 925. The largest absolute Gasteiger partial charge is 0.310 e. The van der Waals surface area contributed by atoms with Gasteiger partial charge in [0.25, 0.3) is 11.2 Å². The molecule has 25 heavy (non-hydrogen) atoms. The summed E-state index contributed by atoms with van der Waals surface area (Å²) in [6.45, 7) is 3.60. The van der Waals surface area contributed by atoms with Gasteiger partial charge < -0.3 is 10.3 Å². The fourth-order valence-electron chi connectivity index (χ4n) is 2.77. The Labute approximate surface area is 146 Å². The van der Waals surface area contributed by atoms with Gasteiger partial charge in [0.15, 0.2) is 5.16 Å². The maximum atomic E-state index is 12.6. The zero-order valence-corrected chi connectivity index (χ0v) is 13.8. The number of amides is 1. The summed E-state index contributed by atoms with van der Waals surface area (Å²) in [6, 6.07) is 6.11. The molecular weight excluding hydrogens is 344 g/mol. The highest BCUT2D eigenvalue weighted by Gasteiger charge is 2.34. The topological polar surface area (TPSA) is 118 Å². The molecule has 1 aromatic carbocycles. The van der Waals surface area contributed by atoms with E-state index in [-0.39, 0.29) is 29.4 Å². The molecule has 1 aromatic heterocycles. The SMILES string of the molecule is C=CCSc1nc2c(c(=O)[nH]1)C(c1ccccc1[N+](=O)[O-])CC(=O)N2. The summed E-state index contributed by atoms with van der Waals surface area (Å²) >= 11 is 1.27. The lowest BCUT2D eigenvalue weighted by Crippen LogP contribution is -2.31. The van der Waals surface area contributed by atoms with Gasteiger partial charge in [0.05, 0.1) is 10.5 Å². The Morgan fingerprint density at radius 3 is 2.88 bits per heavy atom. The molecule has 2 N–H and O–H groups in total. The minimum Gasteiger partial charge on any atom is -0.310 e. The van der Waals surface area contributed by atoms with Crippen molar-refractivity contribution >= 4 is 29.2 Å². The van der Waals surface area contributed by atoms with Crippen LogP contribution in [0.5, 0.6) is 0 Å². The van der Waals surface area contributed by atoms with E-state index in [1.807, 2.05) is 0 Å². The number of carbonyl (C=O) groups is 1. The van der Waals surface area contributed by atoms with E-state index in [1.54, 1.807) is 24.3 Å². The van der Waals surface area contributed by atoms with E-state index in [0.29, 0.717) is 16.5 Å². The fraction of sp³-hybridized carbons (Fsp3) is 0.188. The summed E-state index contributed by atoms with van der Waals surface area (Å²) < 4.78 is 0. The zero-order valence-electron chi connectivity index (χ0n) is 13.0. The summed E-state index contributed by atoms with van der Waals surface area (Å²) in [4.78, 5) is 42.4. The number of para-hydroxylation sites is 1. The lowest BCUT2D eigenvalue weighted by molar-refractivity contribution is -0.385. The van der Waals surface area contributed by atoms with Crippen molar-refractivity contribution in [2.24, 2.45) is 0 Å². The summed E-state index contributed by atoms with van der Waals surface area (Å²) in [5.41, 5.74) is 0.0108. The maximum Gasteiger partial charge on any atom is 0.273 e. The normalized spacial score (nSPS) is 16.0. The summed E-state index contributed by atoms with van der Waals surface area (Å²) in [7, 11) is 0. The highest BCUT2D eigenvalue weighted by molar-refractivity contribution is 7.99. The number of nitro benzene ring substituents is 1. The number of rotatable bonds is 5. The lowest BCUT2D eigenvalue weighted by atomic mass is 9.86. The van der Waals surface area contributed by atoms with E-state index < -0.39 is 16.4 Å².